The van der Waals surface area contributed by atoms with Gasteiger partial charge in [-0.15, -0.1) is 0 Å². The van der Waals surface area contributed by atoms with E-state index in [9.17, 15) is 4.79 Å². The molecule has 1 aromatic carbocycles. The molecular weight excluding hydrogens is 264 g/mol. The Balaban J connectivity index is 2.04. The van der Waals surface area contributed by atoms with E-state index in [1.807, 2.05) is 30.3 Å². The van der Waals surface area contributed by atoms with Crippen molar-refractivity contribution in [1.29, 1.82) is 0 Å². The molecule has 0 saturated heterocycles. The lowest BCUT2D eigenvalue weighted by Gasteiger charge is -2.03. The molecule has 3 aromatic heterocycles. The Morgan fingerprint density at radius 3 is 2.67 bits per heavy atom. The van der Waals surface area contributed by atoms with Gasteiger partial charge < -0.3 is 4.42 Å². The summed E-state index contributed by atoms with van der Waals surface area (Å²) in [5.74, 6) is 0. The van der Waals surface area contributed by atoms with Gasteiger partial charge in [0.1, 0.15) is 5.58 Å². The number of para-hydroxylation sites is 1. The molecule has 0 aliphatic carbocycles. The molecule has 0 spiro atoms. The Labute approximate surface area is 119 Å². The van der Waals surface area contributed by atoms with Crippen LogP contribution in [0.2, 0.25) is 0 Å². The number of rotatable bonds is 1. The van der Waals surface area contributed by atoms with E-state index in [1.54, 1.807) is 30.6 Å². The van der Waals surface area contributed by atoms with E-state index < -0.39 is 0 Å². The summed E-state index contributed by atoms with van der Waals surface area (Å²) < 4.78 is 5.76. The Bertz CT molecular complexity index is 1010. The Hall–Kier alpha value is -3.01. The maximum Gasteiger partial charge on any atom is 0.231 e. The zero-order valence-electron chi connectivity index (χ0n) is 11.0. The van der Waals surface area contributed by atoms with Crippen LogP contribution in [0.25, 0.3) is 33.3 Å². The second-order valence-corrected chi connectivity index (χ2v) is 4.72. The number of hydrogen-bond donors (Lipinski definition) is 0. The second-order valence-electron chi connectivity index (χ2n) is 4.72. The maximum atomic E-state index is 12.4. The summed E-state index contributed by atoms with van der Waals surface area (Å²) in [5.41, 5.74) is 2.45. The van der Waals surface area contributed by atoms with Gasteiger partial charge in [-0.25, -0.2) is 4.98 Å². The van der Waals surface area contributed by atoms with Crippen molar-refractivity contribution in [2.75, 3.05) is 0 Å². The van der Waals surface area contributed by atoms with Crippen LogP contribution in [-0.2, 0) is 0 Å². The quantitative estimate of drug-likeness (QED) is 0.499. The minimum atomic E-state index is -0.0583. The number of pyridine rings is 2. The van der Waals surface area contributed by atoms with Crippen molar-refractivity contribution in [3.63, 3.8) is 0 Å². The smallest absolute Gasteiger partial charge is 0.231 e. The van der Waals surface area contributed by atoms with E-state index >= 15 is 0 Å². The molecule has 4 heteroatoms. The lowest BCUT2D eigenvalue weighted by molar-refractivity contribution is 0.645. The first-order valence-corrected chi connectivity index (χ1v) is 6.56. The maximum absolute atomic E-state index is 12.4. The predicted molar refractivity (Wildman–Crippen MR) is 81.0 cm³/mol. The van der Waals surface area contributed by atoms with Gasteiger partial charge >= 0.3 is 0 Å². The van der Waals surface area contributed by atoms with Gasteiger partial charge in [0.05, 0.1) is 16.5 Å². The molecule has 0 N–H and O–H groups in total. The molecule has 3 heterocycles. The van der Waals surface area contributed by atoms with E-state index in [0.717, 1.165) is 11.3 Å². The number of benzene rings is 1. The predicted octanol–water partition coefficient (Wildman–Crippen LogP) is 3.40. The molecule has 0 aliphatic heterocycles. The fraction of sp³-hybridized carbons (Fsp3) is 0. The summed E-state index contributed by atoms with van der Waals surface area (Å²) in [7, 11) is 0. The van der Waals surface area contributed by atoms with Crippen molar-refractivity contribution in [1.82, 2.24) is 9.97 Å². The summed E-state index contributed by atoms with van der Waals surface area (Å²) in [5, 5.41) is 1.06. The van der Waals surface area contributed by atoms with Gasteiger partial charge in [0.25, 0.3) is 0 Å². The van der Waals surface area contributed by atoms with Crippen molar-refractivity contribution < 1.29 is 4.42 Å². The van der Waals surface area contributed by atoms with Gasteiger partial charge in [0.2, 0.25) is 11.1 Å². The third kappa shape index (κ3) is 1.89. The number of fused-ring (bicyclic) bond motifs is 2. The lowest BCUT2D eigenvalue weighted by atomic mass is 10.1. The Morgan fingerprint density at radius 1 is 0.905 bits per heavy atom. The molecule has 4 aromatic rings. The summed E-state index contributed by atoms with van der Waals surface area (Å²) in [6.07, 6.45) is 3.44. The molecule has 0 atom stereocenters. The minimum Gasteiger partial charge on any atom is -0.437 e. The summed E-state index contributed by atoms with van der Waals surface area (Å²) in [6.45, 7) is 0. The van der Waals surface area contributed by atoms with Gasteiger partial charge in [-0.3, -0.25) is 9.78 Å². The first-order chi connectivity index (χ1) is 10.3. The highest BCUT2D eigenvalue weighted by Gasteiger charge is 2.09. The summed E-state index contributed by atoms with van der Waals surface area (Å²) in [4.78, 5) is 20.9. The average molecular weight is 274 g/mol. The summed E-state index contributed by atoms with van der Waals surface area (Å²) >= 11 is 0. The van der Waals surface area contributed by atoms with Crippen LogP contribution in [0.1, 0.15) is 0 Å². The Morgan fingerprint density at radius 2 is 1.81 bits per heavy atom. The molecule has 0 bridgehead atoms. The molecule has 0 aliphatic rings. The van der Waals surface area contributed by atoms with E-state index in [1.165, 1.54) is 0 Å². The third-order valence-electron chi connectivity index (χ3n) is 3.40. The van der Waals surface area contributed by atoms with Gasteiger partial charge in [-0.05, 0) is 36.4 Å². The topological polar surface area (TPSA) is 56.0 Å². The highest BCUT2D eigenvalue weighted by molar-refractivity contribution is 5.88. The van der Waals surface area contributed by atoms with Crippen molar-refractivity contribution in [3.05, 3.63) is 71.1 Å². The molecule has 0 fully saturated rings. The van der Waals surface area contributed by atoms with Gasteiger partial charge in [-0.1, -0.05) is 12.1 Å². The normalized spacial score (nSPS) is 11.0. The molecule has 0 unspecified atom stereocenters. The van der Waals surface area contributed by atoms with Crippen LogP contribution in [0.3, 0.4) is 0 Å². The van der Waals surface area contributed by atoms with E-state index in [2.05, 4.69) is 9.97 Å². The Kier molecular flexibility index (Phi) is 2.54. The van der Waals surface area contributed by atoms with Gasteiger partial charge in [0.15, 0.2) is 0 Å². The van der Waals surface area contributed by atoms with Crippen molar-refractivity contribution in [2.45, 2.75) is 0 Å². The van der Waals surface area contributed by atoms with Crippen LogP contribution in [0, 0.1) is 0 Å². The number of aromatic nitrogens is 2. The molecule has 0 amide bonds. The van der Waals surface area contributed by atoms with E-state index in [-0.39, 0.29) is 5.43 Å². The zero-order valence-corrected chi connectivity index (χ0v) is 11.0. The van der Waals surface area contributed by atoms with Crippen molar-refractivity contribution >= 4 is 22.1 Å². The van der Waals surface area contributed by atoms with Gasteiger partial charge in [0, 0.05) is 18.0 Å². The van der Waals surface area contributed by atoms with E-state index in [4.69, 9.17) is 4.42 Å². The fourth-order valence-corrected chi connectivity index (χ4v) is 2.36. The molecule has 4 nitrogen and oxygen atoms in total. The SMILES string of the molecule is O=c1c2ccccc2oc2nc(-c3cccnc3)ccc12. The third-order valence-corrected chi connectivity index (χ3v) is 3.40. The van der Waals surface area contributed by atoms with Crippen LogP contribution >= 0.6 is 0 Å². The minimum absolute atomic E-state index is 0.0583. The first kappa shape index (κ1) is 11.8. The molecule has 21 heavy (non-hydrogen) atoms. The average Bonchev–Trinajstić information content (AvgIpc) is 2.55. The van der Waals surface area contributed by atoms with Crippen molar-refractivity contribution in [2.24, 2.45) is 0 Å². The van der Waals surface area contributed by atoms with Crippen LogP contribution < -0.4 is 5.43 Å². The number of hydrogen-bond acceptors (Lipinski definition) is 4. The van der Waals surface area contributed by atoms with Crippen molar-refractivity contribution in [3.8, 4) is 11.3 Å². The fourth-order valence-electron chi connectivity index (χ4n) is 2.36. The van der Waals surface area contributed by atoms with Crippen LogP contribution in [-0.4, -0.2) is 9.97 Å². The zero-order chi connectivity index (χ0) is 14.2. The standard InChI is InChI=1S/C17H10N2O2/c20-16-12-5-1-2-6-15(12)21-17-13(16)7-8-14(19-17)11-4-3-9-18-10-11/h1-10H. The largest absolute Gasteiger partial charge is 0.437 e. The second kappa shape index (κ2) is 4.52. The molecular formula is C17H10N2O2. The highest BCUT2D eigenvalue weighted by Crippen LogP contribution is 2.21. The molecule has 4 rings (SSSR count). The monoisotopic (exact) mass is 274 g/mol. The van der Waals surface area contributed by atoms with Gasteiger partial charge in [-0.2, -0.15) is 0 Å². The first-order valence-electron chi connectivity index (χ1n) is 6.56. The number of nitrogens with zero attached hydrogens (tertiary/aromatic N) is 2. The lowest BCUT2D eigenvalue weighted by Crippen LogP contribution is -2.03. The molecule has 0 saturated carbocycles. The highest BCUT2D eigenvalue weighted by atomic mass is 16.3. The van der Waals surface area contributed by atoms with Crippen LogP contribution in [0.5, 0.6) is 0 Å². The van der Waals surface area contributed by atoms with Crippen LogP contribution in [0.15, 0.2) is 70.1 Å². The molecule has 100 valence electrons. The molecule has 0 radical (unpaired) electrons. The van der Waals surface area contributed by atoms with Crippen LogP contribution in [0.4, 0.5) is 0 Å². The van der Waals surface area contributed by atoms with E-state index in [0.29, 0.717) is 22.1 Å². The summed E-state index contributed by atoms with van der Waals surface area (Å²) in [6, 6.07) is 14.5.